The maximum Gasteiger partial charge on any atom is 0.117 e. The van der Waals surface area contributed by atoms with E-state index in [0.717, 1.165) is 18.1 Å². The Kier molecular flexibility index (Phi) is 3.37. The summed E-state index contributed by atoms with van der Waals surface area (Å²) in [5, 5.41) is 3.39. The first kappa shape index (κ1) is 10.9. The van der Waals surface area contributed by atoms with Gasteiger partial charge in [-0.3, -0.25) is 4.98 Å². The maximum absolute atomic E-state index is 5.49. The number of aromatic nitrogens is 1. The Labute approximate surface area is 95.5 Å². The van der Waals surface area contributed by atoms with Crippen LogP contribution in [0, 0.1) is 6.92 Å². The number of nitrogens with one attached hydrogen (secondary N) is 1. The number of rotatable bonds is 4. The summed E-state index contributed by atoms with van der Waals surface area (Å²) < 4.78 is 5.49. The van der Waals surface area contributed by atoms with Crippen LogP contribution in [0.3, 0.4) is 0 Å². The minimum atomic E-state index is 0.277. The van der Waals surface area contributed by atoms with E-state index >= 15 is 0 Å². The molecule has 2 aromatic heterocycles. The molecule has 0 fully saturated rings. The molecule has 0 unspecified atom stereocenters. The topological polar surface area (TPSA) is 38.1 Å². The van der Waals surface area contributed by atoms with E-state index in [1.165, 1.54) is 5.56 Å². The van der Waals surface area contributed by atoms with Crippen LogP contribution in [0.4, 0.5) is 0 Å². The van der Waals surface area contributed by atoms with Crippen molar-refractivity contribution >= 4 is 0 Å². The summed E-state index contributed by atoms with van der Waals surface area (Å²) >= 11 is 0. The van der Waals surface area contributed by atoms with Gasteiger partial charge < -0.3 is 9.73 Å². The molecule has 0 saturated heterocycles. The number of hydrogen-bond donors (Lipinski definition) is 1. The van der Waals surface area contributed by atoms with Crippen molar-refractivity contribution in [3.05, 3.63) is 53.7 Å². The van der Waals surface area contributed by atoms with Gasteiger partial charge in [-0.2, -0.15) is 0 Å². The van der Waals surface area contributed by atoms with Gasteiger partial charge in [-0.05, 0) is 37.6 Å². The van der Waals surface area contributed by atoms with Crippen LogP contribution in [0.25, 0.3) is 0 Å². The van der Waals surface area contributed by atoms with E-state index in [4.69, 9.17) is 4.42 Å². The average Bonchev–Trinajstić information content (AvgIpc) is 2.73. The average molecular weight is 216 g/mol. The van der Waals surface area contributed by atoms with Crippen LogP contribution in [-0.4, -0.2) is 4.98 Å². The first-order valence-corrected chi connectivity index (χ1v) is 5.44. The minimum absolute atomic E-state index is 0.277. The van der Waals surface area contributed by atoms with E-state index in [0.29, 0.717) is 0 Å². The predicted octanol–water partition coefficient (Wildman–Crippen LogP) is 2.83. The van der Waals surface area contributed by atoms with Crippen LogP contribution in [0.1, 0.15) is 30.0 Å². The maximum atomic E-state index is 5.49. The summed E-state index contributed by atoms with van der Waals surface area (Å²) in [5.41, 5.74) is 1.19. The Hall–Kier alpha value is -1.61. The third kappa shape index (κ3) is 2.70. The van der Waals surface area contributed by atoms with Gasteiger partial charge in [0.05, 0.1) is 6.54 Å². The van der Waals surface area contributed by atoms with Gasteiger partial charge >= 0.3 is 0 Å². The molecule has 1 N–H and O–H groups in total. The van der Waals surface area contributed by atoms with Gasteiger partial charge in [0, 0.05) is 18.4 Å². The molecule has 0 amide bonds. The zero-order chi connectivity index (χ0) is 11.4. The predicted molar refractivity (Wildman–Crippen MR) is 62.9 cm³/mol. The normalized spacial score (nSPS) is 12.6. The van der Waals surface area contributed by atoms with Crippen molar-refractivity contribution in [2.75, 3.05) is 0 Å². The van der Waals surface area contributed by atoms with E-state index in [1.807, 2.05) is 31.3 Å². The first-order chi connectivity index (χ1) is 7.75. The second-order valence-corrected chi connectivity index (χ2v) is 3.90. The molecule has 0 spiro atoms. The molecule has 3 heteroatoms. The van der Waals surface area contributed by atoms with Gasteiger partial charge in [0.25, 0.3) is 0 Å². The molecule has 3 nitrogen and oxygen atoms in total. The van der Waals surface area contributed by atoms with Crippen molar-refractivity contribution < 1.29 is 4.42 Å². The van der Waals surface area contributed by atoms with Crippen molar-refractivity contribution in [2.45, 2.75) is 26.4 Å². The highest BCUT2D eigenvalue weighted by Crippen LogP contribution is 2.12. The highest BCUT2D eigenvalue weighted by atomic mass is 16.3. The number of aryl methyl sites for hydroxylation is 1. The fourth-order valence-electron chi connectivity index (χ4n) is 1.58. The van der Waals surface area contributed by atoms with Crippen LogP contribution in [0.2, 0.25) is 0 Å². The molecule has 1 atom stereocenters. The number of furan rings is 1. The molecule has 16 heavy (non-hydrogen) atoms. The second kappa shape index (κ2) is 4.94. The van der Waals surface area contributed by atoms with Crippen LogP contribution in [0.15, 0.2) is 41.1 Å². The lowest BCUT2D eigenvalue weighted by molar-refractivity contribution is 0.444. The molecule has 0 aliphatic heterocycles. The van der Waals surface area contributed by atoms with Gasteiger partial charge in [0.15, 0.2) is 0 Å². The van der Waals surface area contributed by atoms with Crippen LogP contribution >= 0.6 is 0 Å². The summed E-state index contributed by atoms with van der Waals surface area (Å²) in [6.07, 6.45) is 3.66. The lowest BCUT2D eigenvalue weighted by atomic mass is 10.1. The largest absolute Gasteiger partial charge is 0.465 e. The monoisotopic (exact) mass is 216 g/mol. The zero-order valence-corrected chi connectivity index (χ0v) is 9.60. The summed E-state index contributed by atoms with van der Waals surface area (Å²) in [6, 6.07) is 8.27. The smallest absolute Gasteiger partial charge is 0.117 e. The quantitative estimate of drug-likeness (QED) is 0.854. The summed E-state index contributed by atoms with van der Waals surface area (Å²) in [6.45, 7) is 4.81. The Morgan fingerprint density at radius 2 is 2.25 bits per heavy atom. The van der Waals surface area contributed by atoms with Crippen molar-refractivity contribution in [3.8, 4) is 0 Å². The minimum Gasteiger partial charge on any atom is -0.465 e. The molecule has 2 rings (SSSR count). The highest BCUT2D eigenvalue weighted by molar-refractivity contribution is 5.13. The Morgan fingerprint density at radius 3 is 2.88 bits per heavy atom. The van der Waals surface area contributed by atoms with Gasteiger partial charge in [0.2, 0.25) is 0 Å². The van der Waals surface area contributed by atoms with Crippen LogP contribution in [-0.2, 0) is 6.54 Å². The second-order valence-electron chi connectivity index (χ2n) is 3.90. The molecule has 2 aromatic rings. The SMILES string of the molecule is Cc1ccc(CN[C@@H](C)c2cccnc2)o1. The van der Waals surface area contributed by atoms with E-state index in [9.17, 15) is 0 Å². The molecule has 84 valence electrons. The van der Waals surface area contributed by atoms with Crippen molar-refractivity contribution in [1.82, 2.24) is 10.3 Å². The summed E-state index contributed by atoms with van der Waals surface area (Å²) in [4.78, 5) is 4.10. The van der Waals surface area contributed by atoms with Gasteiger partial charge in [-0.25, -0.2) is 0 Å². The van der Waals surface area contributed by atoms with Crippen molar-refractivity contribution in [1.29, 1.82) is 0 Å². The molecule has 0 aliphatic rings. The first-order valence-electron chi connectivity index (χ1n) is 5.44. The number of nitrogens with zero attached hydrogens (tertiary/aromatic N) is 1. The molecular weight excluding hydrogens is 200 g/mol. The third-order valence-electron chi connectivity index (χ3n) is 2.56. The summed E-state index contributed by atoms with van der Waals surface area (Å²) in [7, 11) is 0. The number of hydrogen-bond acceptors (Lipinski definition) is 3. The van der Waals surface area contributed by atoms with Crippen LogP contribution < -0.4 is 5.32 Å². The molecule has 0 bridgehead atoms. The third-order valence-corrected chi connectivity index (χ3v) is 2.56. The fraction of sp³-hybridized carbons (Fsp3) is 0.308. The highest BCUT2D eigenvalue weighted by Gasteiger charge is 2.05. The standard InChI is InChI=1S/C13H16N2O/c1-10-5-6-13(16-10)9-15-11(2)12-4-3-7-14-8-12/h3-8,11,15H,9H2,1-2H3/t11-/m0/s1. The Morgan fingerprint density at radius 1 is 1.38 bits per heavy atom. The Balaban J connectivity index is 1.91. The van der Waals surface area contributed by atoms with E-state index in [2.05, 4.69) is 23.3 Å². The van der Waals surface area contributed by atoms with Crippen molar-refractivity contribution in [3.63, 3.8) is 0 Å². The van der Waals surface area contributed by atoms with E-state index in [-0.39, 0.29) is 6.04 Å². The van der Waals surface area contributed by atoms with E-state index < -0.39 is 0 Å². The van der Waals surface area contributed by atoms with Gasteiger partial charge in [-0.1, -0.05) is 6.07 Å². The molecule has 2 heterocycles. The molecule has 0 saturated carbocycles. The van der Waals surface area contributed by atoms with Crippen LogP contribution in [0.5, 0.6) is 0 Å². The Bertz CT molecular complexity index is 436. The fourth-order valence-corrected chi connectivity index (χ4v) is 1.58. The lowest BCUT2D eigenvalue weighted by Crippen LogP contribution is -2.17. The summed E-state index contributed by atoms with van der Waals surface area (Å²) in [5.74, 6) is 1.92. The van der Waals surface area contributed by atoms with E-state index in [1.54, 1.807) is 6.20 Å². The molecule has 0 radical (unpaired) electrons. The molecule has 0 aromatic carbocycles. The van der Waals surface area contributed by atoms with Crippen molar-refractivity contribution in [2.24, 2.45) is 0 Å². The molecule has 0 aliphatic carbocycles. The lowest BCUT2D eigenvalue weighted by Gasteiger charge is -2.12. The zero-order valence-electron chi connectivity index (χ0n) is 9.60. The molecular formula is C13H16N2O. The van der Waals surface area contributed by atoms with Gasteiger partial charge in [-0.15, -0.1) is 0 Å². The number of pyridine rings is 1. The van der Waals surface area contributed by atoms with Gasteiger partial charge in [0.1, 0.15) is 11.5 Å².